The van der Waals surface area contributed by atoms with E-state index < -0.39 is 34.1 Å². The number of sulfonamides is 1. The summed E-state index contributed by atoms with van der Waals surface area (Å²) in [6.45, 7) is 0.340. The highest BCUT2D eigenvalue weighted by atomic mass is 32.2. The van der Waals surface area contributed by atoms with Crippen molar-refractivity contribution in [1.82, 2.24) is 13.8 Å². The lowest BCUT2D eigenvalue weighted by molar-refractivity contribution is -0.149. The third kappa shape index (κ3) is 3.23. The van der Waals surface area contributed by atoms with Gasteiger partial charge in [-0.05, 0) is 18.9 Å². The lowest BCUT2D eigenvalue weighted by Crippen LogP contribution is -2.39. The molecule has 3 heterocycles. The van der Waals surface area contributed by atoms with Crippen LogP contribution < -0.4 is 0 Å². The van der Waals surface area contributed by atoms with Crippen molar-refractivity contribution in [3.8, 4) is 0 Å². The standard InChI is InChI=1S/C16H22FN3O5S/c1-18-10-12(26(24,25)20-6-3-2-4-7-20)9-13(18)14(21)19-8-5-16(17,11-19)15(22)23/h9-10H,2-8,11H2,1H3,(H,22,23). The number of amides is 1. The summed E-state index contributed by atoms with van der Waals surface area (Å²) < 4.78 is 42.5. The summed E-state index contributed by atoms with van der Waals surface area (Å²) in [7, 11) is -2.14. The second-order valence-corrected chi connectivity index (χ2v) is 8.82. The highest BCUT2D eigenvalue weighted by molar-refractivity contribution is 7.89. The number of aromatic nitrogens is 1. The Kier molecular flexibility index (Phi) is 4.82. The van der Waals surface area contributed by atoms with E-state index in [0.717, 1.165) is 24.2 Å². The Hall–Kier alpha value is -1.94. The van der Waals surface area contributed by atoms with Gasteiger partial charge in [0.1, 0.15) is 10.6 Å². The van der Waals surface area contributed by atoms with E-state index in [1.165, 1.54) is 21.1 Å². The number of halogens is 1. The minimum Gasteiger partial charge on any atom is -0.479 e. The van der Waals surface area contributed by atoms with Gasteiger partial charge in [0.25, 0.3) is 5.91 Å². The van der Waals surface area contributed by atoms with Crippen LogP contribution in [0.3, 0.4) is 0 Å². The average molecular weight is 387 g/mol. The molecule has 2 aliphatic heterocycles. The first kappa shape index (κ1) is 18.8. The van der Waals surface area contributed by atoms with Gasteiger partial charge in [-0.3, -0.25) is 4.79 Å². The molecule has 0 spiro atoms. The van der Waals surface area contributed by atoms with Gasteiger partial charge in [0.05, 0.1) is 6.54 Å². The second-order valence-electron chi connectivity index (χ2n) is 6.88. The third-order valence-electron chi connectivity index (χ3n) is 5.04. The SMILES string of the molecule is Cn1cc(S(=O)(=O)N2CCCCC2)cc1C(=O)N1CCC(F)(C(=O)O)C1. The molecule has 0 bridgehead atoms. The molecule has 144 valence electrons. The number of nitrogens with zero attached hydrogens (tertiary/aromatic N) is 3. The molecule has 2 aliphatic rings. The number of aliphatic carboxylic acids is 1. The molecule has 0 aliphatic carbocycles. The van der Waals surface area contributed by atoms with Gasteiger partial charge in [-0.1, -0.05) is 6.42 Å². The van der Waals surface area contributed by atoms with Gasteiger partial charge in [0, 0.05) is 39.3 Å². The van der Waals surface area contributed by atoms with Crippen LogP contribution in [-0.2, 0) is 21.9 Å². The normalized spacial score (nSPS) is 24.8. The van der Waals surface area contributed by atoms with Crippen LogP contribution in [-0.4, -0.2) is 71.0 Å². The molecule has 3 rings (SSSR count). The van der Waals surface area contributed by atoms with Gasteiger partial charge in [0.15, 0.2) is 0 Å². The fourth-order valence-electron chi connectivity index (χ4n) is 3.42. The van der Waals surface area contributed by atoms with Crippen LogP contribution >= 0.6 is 0 Å². The number of carbonyl (C=O) groups is 2. The molecule has 0 radical (unpaired) electrons. The van der Waals surface area contributed by atoms with E-state index in [1.807, 2.05) is 0 Å². The van der Waals surface area contributed by atoms with Gasteiger partial charge in [-0.25, -0.2) is 17.6 Å². The number of hydrogen-bond donors (Lipinski definition) is 1. The minimum atomic E-state index is -3.68. The lowest BCUT2D eigenvalue weighted by Gasteiger charge is -2.25. The highest BCUT2D eigenvalue weighted by Gasteiger charge is 2.47. The summed E-state index contributed by atoms with van der Waals surface area (Å²) >= 11 is 0. The number of alkyl halides is 1. The summed E-state index contributed by atoms with van der Waals surface area (Å²) in [5.41, 5.74) is -2.36. The molecule has 1 amide bonds. The zero-order chi connectivity index (χ0) is 19.1. The largest absolute Gasteiger partial charge is 0.479 e. The quantitative estimate of drug-likeness (QED) is 0.825. The first-order valence-corrected chi connectivity index (χ1v) is 9.97. The second kappa shape index (κ2) is 6.66. The molecular formula is C16H22FN3O5S. The summed E-state index contributed by atoms with van der Waals surface area (Å²) in [6.07, 6.45) is 3.69. The summed E-state index contributed by atoms with van der Waals surface area (Å²) in [4.78, 5) is 24.8. The Bertz CT molecular complexity index is 831. The molecule has 0 saturated carbocycles. The van der Waals surface area contributed by atoms with Crippen LogP contribution in [0.25, 0.3) is 0 Å². The van der Waals surface area contributed by atoms with Gasteiger partial charge in [-0.15, -0.1) is 0 Å². The van der Waals surface area contributed by atoms with Crippen molar-refractivity contribution < 1.29 is 27.5 Å². The molecule has 10 heteroatoms. The summed E-state index contributed by atoms with van der Waals surface area (Å²) in [6, 6.07) is 1.28. The smallest absolute Gasteiger partial charge is 0.343 e. The topological polar surface area (TPSA) is 99.9 Å². The maximum atomic E-state index is 14.2. The third-order valence-corrected chi connectivity index (χ3v) is 6.91. The number of rotatable bonds is 4. The number of likely N-dealkylation sites (tertiary alicyclic amines) is 1. The van der Waals surface area contributed by atoms with E-state index >= 15 is 0 Å². The molecule has 1 N–H and O–H groups in total. The van der Waals surface area contributed by atoms with E-state index in [2.05, 4.69) is 0 Å². The van der Waals surface area contributed by atoms with Crippen LogP contribution in [0.5, 0.6) is 0 Å². The highest BCUT2D eigenvalue weighted by Crippen LogP contribution is 2.28. The number of hydrogen-bond acceptors (Lipinski definition) is 4. The Morgan fingerprint density at radius 3 is 2.42 bits per heavy atom. The van der Waals surface area contributed by atoms with E-state index in [4.69, 9.17) is 5.11 Å². The molecule has 2 saturated heterocycles. The van der Waals surface area contributed by atoms with Crippen LogP contribution in [0.2, 0.25) is 0 Å². The predicted molar refractivity (Wildman–Crippen MR) is 90.0 cm³/mol. The maximum Gasteiger partial charge on any atom is 0.343 e. The van der Waals surface area contributed by atoms with E-state index in [1.54, 1.807) is 7.05 Å². The van der Waals surface area contributed by atoms with Gasteiger partial charge < -0.3 is 14.6 Å². The summed E-state index contributed by atoms with van der Waals surface area (Å²) in [5, 5.41) is 8.95. The maximum absolute atomic E-state index is 14.2. The zero-order valence-corrected chi connectivity index (χ0v) is 15.3. The number of carboxylic acid groups (broad SMARTS) is 1. The Morgan fingerprint density at radius 1 is 1.19 bits per heavy atom. The van der Waals surface area contributed by atoms with Gasteiger partial charge >= 0.3 is 5.97 Å². The first-order chi connectivity index (χ1) is 12.1. The van der Waals surface area contributed by atoms with Crippen LogP contribution in [0.15, 0.2) is 17.2 Å². The van der Waals surface area contributed by atoms with Crippen molar-refractivity contribution in [3.63, 3.8) is 0 Å². The number of piperidine rings is 1. The minimum absolute atomic E-state index is 0.0224. The molecule has 1 aromatic heterocycles. The van der Waals surface area contributed by atoms with Crippen molar-refractivity contribution in [2.75, 3.05) is 26.2 Å². The Balaban J connectivity index is 1.82. The predicted octanol–water partition coefficient (Wildman–Crippen LogP) is 0.839. The average Bonchev–Trinajstić information content (AvgIpc) is 3.20. The van der Waals surface area contributed by atoms with Crippen molar-refractivity contribution in [3.05, 3.63) is 18.0 Å². The summed E-state index contributed by atoms with van der Waals surface area (Å²) in [5.74, 6) is -2.17. The van der Waals surface area contributed by atoms with Gasteiger partial charge in [0.2, 0.25) is 15.7 Å². The van der Waals surface area contributed by atoms with E-state index in [9.17, 15) is 22.4 Å². The Morgan fingerprint density at radius 2 is 1.85 bits per heavy atom. The molecule has 26 heavy (non-hydrogen) atoms. The van der Waals surface area contributed by atoms with Crippen LogP contribution in [0.4, 0.5) is 4.39 Å². The molecule has 2 fully saturated rings. The molecule has 0 aromatic carbocycles. The fourth-order valence-corrected chi connectivity index (χ4v) is 5.01. The molecule has 1 atom stereocenters. The van der Waals surface area contributed by atoms with Crippen LogP contribution in [0.1, 0.15) is 36.2 Å². The van der Waals surface area contributed by atoms with Gasteiger partial charge in [-0.2, -0.15) is 4.31 Å². The van der Waals surface area contributed by atoms with Crippen molar-refractivity contribution in [1.29, 1.82) is 0 Å². The van der Waals surface area contributed by atoms with E-state index in [0.29, 0.717) is 13.1 Å². The monoisotopic (exact) mass is 387 g/mol. The molecule has 1 unspecified atom stereocenters. The number of carbonyl (C=O) groups excluding carboxylic acids is 1. The molecule has 8 nitrogen and oxygen atoms in total. The number of aryl methyl sites for hydroxylation is 1. The zero-order valence-electron chi connectivity index (χ0n) is 14.5. The van der Waals surface area contributed by atoms with Crippen molar-refractivity contribution in [2.45, 2.75) is 36.2 Å². The van der Waals surface area contributed by atoms with E-state index in [-0.39, 0.29) is 23.6 Å². The Labute approximate surface area is 151 Å². The molecular weight excluding hydrogens is 365 g/mol. The lowest BCUT2D eigenvalue weighted by atomic mass is 10.1. The van der Waals surface area contributed by atoms with Crippen molar-refractivity contribution in [2.24, 2.45) is 7.05 Å². The fraction of sp³-hybridized carbons (Fsp3) is 0.625. The van der Waals surface area contributed by atoms with Crippen molar-refractivity contribution >= 4 is 21.9 Å². The van der Waals surface area contributed by atoms with Crippen LogP contribution in [0, 0.1) is 0 Å². The first-order valence-electron chi connectivity index (χ1n) is 8.53. The molecule has 1 aromatic rings. The number of carboxylic acids is 1.